The molecule has 2 heterocycles. The van der Waals surface area contributed by atoms with Crippen molar-refractivity contribution in [3.05, 3.63) is 95.9 Å². The van der Waals surface area contributed by atoms with Crippen LogP contribution in [0.25, 0.3) is 22.3 Å². The predicted octanol–water partition coefficient (Wildman–Crippen LogP) is 6.91. The van der Waals surface area contributed by atoms with Crippen molar-refractivity contribution in [3.63, 3.8) is 0 Å². The Balaban J connectivity index is 1.15. The first-order valence-corrected chi connectivity index (χ1v) is 12.7. The van der Waals surface area contributed by atoms with E-state index in [1.165, 1.54) is 11.1 Å². The van der Waals surface area contributed by atoms with E-state index in [1.54, 1.807) is 0 Å². The van der Waals surface area contributed by atoms with Crippen molar-refractivity contribution in [2.75, 3.05) is 0 Å². The predicted molar refractivity (Wildman–Crippen MR) is 144 cm³/mol. The van der Waals surface area contributed by atoms with E-state index in [0.717, 1.165) is 65.9 Å². The second-order valence-corrected chi connectivity index (χ2v) is 9.26. The molecule has 0 unspecified atom stereocenters. The number of carboxylic acids is 1. The number of aromatic nitrogens is 4. The number of hydrogen-bond acceptors (Lipinski definition) is 4. The van der Waals surface area contributed by atoms with Crippen molar-refractivity contribution in [3.8, 4) is 22.9 Å². The van der Waals surface area contributed by atoms with Crippen molar-refractivity contribution < 1.29 is 14.6 Å². The summed E-state index contributed by atoms with van der Waals surface area (Å²) in [6.45, 7) is 0. The molecule has 188 valence electrons. The van der Waals surface area contributed by atoms with Crippen LogP contribution >= 0.6 is 0 Å². The number of unbranched alkanes of at least 4 members (excludes halogenated alkanes) is 3. The number of carbonyl (C=O) groups is 1. The summed E-state index contributed by atoms with van der Waals surface area (Å²) >= 11 is 0. The van der Waals surface area contributed by atoms with Crippen LogP contribution in [0.3, 0.4) is 0 Å². The maximum absolute atomic E-state index is 10.6. The van der Waals surface area contributed by atoms with Gasteiger partial charge >= 0.3 is 5.97 Å². The number of fused-ring (bicyclic) bond motifs is 1. The lowest BCUT2D eigenvalue weighted by molar-refractivity contribution is -0.137. The Hall–Kier alpha value is -4.39. The Bertz CT molecular complexity index is 1470. The van der Waals surface area contributed by atoms with Crippen molar-refractivity contribution in [2.24, 2.45) is 0 Å². The number of aliphatic carboxylic acids is 1. The van der Waals surface area contributed by atoms with E-state index in [4.69, 9.17) is 14.8 Å². The zero-order valence-electron chi connectivity index (χ0n) is 20.6. The third-order valence-electron chi connectivity index (χ3n) is 6.39. The van der Waals surface area contributed by atoms with Gasteiger partial charge in [0, 0.05) is 35.5 Å². The van der Waals surface area contributed by atoms with Crippen LogP contribution in [-0.2, 0) is 17.6 Å². The molecule has 0 aliphatic heterocycles. The Morgan fingerprint density at radius 2 is 1.68 bits per heavy atom. The summed E-state index contributed by atoms with van der Waals surface area (Å²) in [5.74, 6) is 2.25. The lowest BCUT2D eigenvalue weighted by Gasteiger charge is -2.07. The molecule has 0 aliphatic carbocycles. The number of ether oxygens (including phenoxy) is 1. The number of aromatic amines is 2. The first-order valence-electron chi connectivity index (χ1n) is 12.7. The SMILES string of the molecule is O=C(O)CCCCCCc1ccc(Cc2nc(-c3cccc(Oc4ccc5[nH]ccc5c4)c3)n[nH]2)cc1. The van der Waals surface area contributed by atoms with Crippen molar-refractivity contribution in [1.82, 2.24) is 20.2 Å². The molecule has 0 fully saturated rings. The highest BCUT2D eigenvalue weighted by atomic mass is 16.5. The fraction of sp³-hybridized carbons (Fsp3) is 0.233. The van der Waals surface area contributed by atoms with Crippen LogP contribution in [-0.4, -0.2) is 31.2 Å². The second-order valence-electron chi connectivity index (χ2n) is 9.26. The molecular formula is C30H30N4O3. The summed E-state index contributed by atoms with van der Waals surface area (Å²) < 4.78 is 6.09. The topological polar surface area (TPSA) is 104 Å². The minimum absolute atomic E-state index is 0.266. The number of hydrogen-bond donors (Lipinski definition) is 3. The molecule has 7 nitrogen and oxygen atoms in total. The molecule has 2 aromatic heterocycles. The lowest BCUT2D eigenvalue weighted by atomic mass is 10.0. The Morgan fingerprint density at radius 1 is 0.865 bits per heavy atom. The summed E-state index contributed by atoms with van der Waals surface area (Å²) in [4.78, 5) is 18.5. The van der Waals surface area contributed by atoms with Gasteiger partial charge in [0.1, 0.15) is 17.3 Å². The van der Waals surface area contributed by atoms with Crippen molar-refractivity contribution in [2.45, 2.75) is 44.9 Å². The number of aryl methyl sites for hydroxylation is 1. The van der Waals surface area contributed by atoms with E-state index in [0.29, 0.717) is 12.2 Å². The van der Waals surface area contributed by atoms with Gasteiger partial charge in [0.15, 0.2) is 5.82 Å². The van der Waals surface area contributed by atoms with Crippen LogP contribution in [0.15, 0.2) is 79.0 Å². The van der Waals surface area contributed by atoms with Crippen LogP contribution < -0.4 is 4.74 Å². The lowest BCUT2D eigenvalue weighted by Crippen LogP contribution is -1.94. The molecule has 0 bridgehead atoms. The first-order chi connectivity index (χ1) is 18.1. The largest absolute Gasteiger partial charge is 0.481 e. The van der Waals surface area contributed by atoms with Crippen LogP contribution in [0, 0.1) is 0 Å². The maximum Gasteiger partial charge on any atom is 0.303 e. The second kappa shape index (κ2) is 11.6. The third-order valence-corrected chi connectivity index (χ3v) is 6.39. The fourth-order valence-electron chi connectivity index (χ4n) is 4.41. The van der Waals surface area contributed by atoms with E-state index in [9.17, 15) is 4.79 Å². The summed E-state index contributed by atoms with van der Waals surface area (Å²) in [6, 6.07) is 24.4. The van der Waals surface area contributed by atoms with E-state index in [1.807, 2.05) is 54.7 Å². The highest BCUT2D eigenvalue weighted by Crippen LogP contribution is 2.28. The quantitative estimate of drug-likeness (QED) is 0.163. The van der Waals surface area contributed by atoms with Crippen molar-refractivity contribution in [1.29, 1.82) is 0 Å². The minimum Gasteiger partial charge on any atom is -0.481 e. The molecule has 5 aromatic rings. The Morgan fingerprint density at radius 3 is 2.54 bits per heavy atom. The normalized spacial score (nSPS) is 11.1. The van der Waals surface area contributed by atoms with E-state index < -0.39 is 5.97 Å². The van der Waals surface area contributed by atoms with Gasteiger partial charge < -0.3 is 14.8 Å². The number of H-pyrrole nitrogens is 2. The van der Waals surface area contributed by atoms with Crippen LogP contribution in [0.1, 0.15) is 49.1 Å². The average molecular weight is 495 g/mol. The van der Waals surface area contributed by atoms with Gasteiger partial charge in [0.25, 0.3) is 0 Å². The monoisotopic (exact) mass is 494 g/mol. The molecule has 37 heavy (non-hydrogen) atoms. The molecule has 0 aliphatic rings. The first kappa shape index (κ1) is 24.3. The zero-order valence-corrected chi connectivity index (χ0v) is 20.6. The zero-order chi connectivity index (χ0) is 25.5. The number of benzene rings is 3. The van der Waals surface area contributed by atoms with Gasteiger partial charge in [0.05, 0.1) is 0 Å². The van der Waals surface area contributed by atoms with Gasteiger partial charge in [-0.3, -0.25) is 9.89 Å². The van der Waals surface area contributed by atoms with E-state index in [-0.39, 0.29) is 6.42 Å². The number of carboxylic acid groups (broad SMARTS) is 1. The summed E-state index contributed by atoms with van der Waals surface area (Å²) in [5, 5.41) is 17.3. The van der Waals surface area contributed by atoms with Gasteiger partial charge in [-0.15, -0.1) is 0 Å². The third kappa shape index (κ3) is 6.64. The van der Waals surface area contributed by atoms with Gasteiger partial charge in [-0.05, 0) is 66.8 Å². The van der Waals surface area contributed by atoms with Gasteiger partial charge in [-0.25, -0.2) is 4.98 Å². The van der Waals surface area contributed by atoms with Crippen LogP contribution in [0.4, 0.5) is 0 Å². The van der Waals surface area contributed by atoms with Crippen LogP contribution in [0.2, 0.25) is 0 Å². The Labute approximate surface area is 215 Å². The number of nitrogens with zero attached hydrogens (tertiary/aromatic N) is 2. The fourth-order valence-corrected chi connectivity index (χ4v) is 4.41. The summed E-state index contributed by atoms with van der Waals surface area (Å²) in [6.07, 6.45) is 7.74. The Kier molecular flexibility index (Phi) is 7.60. The van der Waals surface area contributed by atoms with Gasteiger partial charge in [0.2, 0.25) is 0 Å². The molecule has 7 heteroatoms. The maximum atomic E-state index is 10.6. The molecule has 0 atom stereocenters. The van der Waals surface area contributed by atoms with E-state index >= 15 is 0 Å². The molecule has 3 aromatic carbocycles. The minimum atomic E-state index is -0.710. The average Bonchev–Trinajstić information content (AvgIpc) is 3.56. The van der Waals surface area contributed by atoms with Gasteiger partial charge in [-0.1, -0.05) is 49.2 Å². The molecular weight excluding hydrogens is 464 g/mol. The molecule has 0 spiro atoms. The smallest absolute Gasteiger partial charge is 0.303 e. The molecule has 0 saturated heterocycles. The van der Waals surface area contributed by atoms with Gasteiger partial charge in [-0.2, -0.15) is 5.10 Å². The molecule has 0 radical (unpaired) electrons. The van der Waals surface area contributed by atoms with Crippen molar-refractivity contribution >= 4 is 16.9 Å². The summed E-state index contributed by atoms with van der Waals surface area (Å²) in [5.41, 5.74) is 4.44. The highest BCUT2D eigenvalue weighted by Gasteiger charge is 2.09. The number of nitrogens with one attached hydrogen (secondary N) is 2. The molecule has 5 rings (SSSR count). The highest BCUT2D eigenvalue weighted by molar-refractivity contribution is 5.80. The molecule has 3 N–H and O–H groups in total. The molecule has 0 amide bonds. The van der Waals surface area contributed by atoms with Crippen LogP contribution in [0.5, 0.6) is 11.5 Å². The molecule has 0 saturated carbocycles. The summed E-state index contributed by atoms with van der Waals surface area (Å²) in [7, 11) is 0. The number of rotatable bonds is 12. The van der Waals surface area contributed by atoms with E-state index in [2.05, 4.69) is 39.4 Å². The standard InChI is InChI=1S/C30H30N4O3/c35-29(36)9-4-2-1-3-6-21-10-12-22(13-11-21)18-28-32-30(34-33-28)24-7-5-8-25(20-24)37-26-14-15-27-23(19-26)16-17-31-27/h5,7-8,10-17,19-20,31H,1-4,6,9,18H2,(H,35,36)(H,32,33,34).